The van der Waals surface area contributed by atoms with Gasteiger partial charge in [-0.1, -0.05) is 45.9 Å². The van der Waals surface area contributed by atoms with Crippen LogP contribution in [0.15, 0.2) is 30.3 Å². The molecule has 4 saturated heterocycles. The second kappa shape index (κ2) is 7.00. The third-order valence-corrected chi connectivity index (χ3v) is 10.6. The number of aliphatic hydroxyl groups excluding tert-OH is 1. The van der Waals surface area contributed by atoms with Crippen molar-refractivity contribution in [2.24, 2.45) is 34.0 Å². The van der Waals surface area contributed by atoms with Crippen molar-refractivity contribution in [3.8, 4) is 0 Å². The molecular formula is C28H30O11. The SMILES string of the molecule is CC1C(=O)OC2O[C@@]34C(=O)O[C@H]5C(OC(=O)c6ccccc6)C3(C(O)[C@@H]3OC(=O)[C@@H](C)[C@@]34O)C21[C@@H]5C(C)(C)C. The third kappa shape index (κ3) is 2.22. The van der Waals surface area contributed by atoms with Crippen LogP contribution in [0.2, 0.25) is 0 Å². The van der Waals surface area contributed by atoms with E-state index in [4.69, 9.17) is 23.7 Å². The fraction of sp³-hybridized carbons (Fsp3) is 0.643. The number of carbonyl (C=O) groups excluding carboxylic acids is 4. The Morgan fingerprint density at radius 1 is 0.974 bits per heavy atom. The van der Waals surface area contributed by atoms with Gasteiger partial charge in [0.15, 0.2) is 17.8 Å². The summed E-state index contributed by atoms with van der Waals surface area (Å²) in [5, 5.41) is 24.6. The number of fused-ring (bicyclic) bond motifs is 2. The van der Waals surface area contributed by atoms with Gasteiger partial charge in [-0.3, -0.25) is 9.59 Å². The maximum Gasteiger partial charge on any atom is 0.343 e. The molecule has 6 aliphatic rings. The molecule has 11 heteroatoms. The molecule has 12 atom stereocenters. The molecular weight excluding hydrogens is 512 g/mol. The lowest BCUT2D eigenvalue weighted by molar-refractivity contribution is -0.281. The lowest BCUT2D eigenvalue weighted by Crippen LogP contribution is -2.74. The topological polar surface area (TPSA) is 155 Å². The summed E-state index contributed by atoms with van der Waals surface area (Å²) in [6.45, 7) is 8.67. The van der Waals surface area contributed by atoms with E-state index in [1.54, 1.807) is 37.3 Å². The van der Waals surface area contributed by atoms with Crippen molar-refractivity contribution < 1.29 is 53.1 Å². The molecule has 11 nitrogen and oxygen atoms in total. The van der Waals surface area contributed by atoms with Crippen molar-refractivity contribution in [1.29, 1.82) is 0 Å². The Morgan fingerprint density at radius 2 is 1.62 bits per heavy atom. The minimum absolute atomic E-state index is 0.215. The van der Waals surface area contributed by atoms with E-state index in [0.29, 0.717) is 0 Å². The summed E-state index contributed by atoms with van der Waals surface area (Å²) in [5.41, 5.74) is -8.78. The molecule has 2 aliphatic carbocycles. The summed E-state index contributed by atoms with van der Waals surface area (Å²) >= 11 is 0. The molecule has 4 heterocycles. The molecule has 0 radical (unpaired) electrons. The standard InChI is InChI=1S/C28H30O11/c1-11-19(30)38-23-25(11)15(24(3,4)5)14-17(36-21(32)13-9-7-6-8-10-13)26(25)16(29)18-27(34,12(2)20(31)37-18)28(26,39-23)22(33)35-14/h6-12,14-18,23,29,34H,1-5H3/t11?,12-,14-,15+,16?,17?,18+,23?,25?,26?,27-,28+/m1/s1. The van der Waals surface area contributed by atoms with Gasteiger partial charge in [0, 0.05) is 5.92 Å². The Balaban J connectivity index is 1.56. The van der Waals surface area contributed by atoms with Gasteiger partial charge in [-0.2, -0.15) is 0 Å². The zero-order chi connectivity index (χ0) is 28.1. The highest BCUT2D eigenvalue weighted by Gasteiger charge is 3.04. The van der Waals surface area contributed by atoms with Crippen LogP contribution in [0.5, 0.6) is 0 Å². The van der Waals surface area contributed by atoms with Gasteiger partial charge in [0.05, 0.1) is 28.2 Å². The van der Waals surface area contributed by atoms with Crippen LogP contribution < -0.4 is 0 Å². The van der Waals surface area contributed by atoms with Gasteiger partial charge in [0.1, 0.15) is 12.2 Å². The van der Waals surface area contributed by atoms with E-state index in [1.165, 1.54) is 6.92 Å². The minimum atomic E-state index is -2.44. The van der Waals surface area contributed by atoms with E-state index in [-0.39, 0.29) is 5.56 Å². The predicted octanol–water partition coefficient (Wildman–Crippen LogP) is 0.741. The summed E-state index contributed by atoms with van der Waals surface area (Å²) in [6.07, 6.45) is -7.25. The Morgan fingerprint density at radius 3 is 2.26 bits per heavy atom. The van der Waals surface area contributed by atoms with Crippen LogP contribution in [-0.2, 0) is 38.1 Å². The highest BCUT2D eigenvalue weighted by molar-refractivity contribution is 5.94. The first-order valence-corrected chi connectivity index (χ1v) is 13.2. The van der Waals surface area contributed by atoms with Gasteiger partial charge in [0.25, 0.3) is 0 Å². The lowest BCUT2D eigenvalue weighted by atomic mass is 9.48. The summed E-state index contributed by atoms with van der Waals surface area (Å²) < 4.78 is 29.9. The first kappa shape index (κ1) is 25.0. The predicted molar refractivity (Wildman–Crippen MR) is 126 cm³/mol. The van der Waals surface area contributed by atoms with Crippen molar-refractivity contribution in [2.75, 3.05) is 0 Å². The maximum atomic E-state index is 14.2. The molecule has 0 aromatic heterocycles. The third-order valence-electron chi connectivity index (χ3n) is 10.6. The number of hydrogen-bond donors (Lipinski definition) is 2. The molecule has 2 bridgehead atoms. The molecule has 1 aromatic carbocycles. The Bertz CT molecular complexity index is 1340. The molecule has 0 amide bonds. The zero-order valence-corrected chi connectivity index (χ0v) is 22.1. The number of benzene rings is 1. The minimum Gasteiger partial charge on any atom is -0.456 e. The van der Waals surface area contributed by atoms with Gasteiger partial charge in [0.2, 0.25) is 11.9 Å². The molecule has 7 rings (SSSR count). The summed E-state index contributed by atoms with van der Waals surface area (Å²) in [7, 11) is 0. The molecule has 4 aliphatic heterocycles. The van der Waals surface area contributed by atoms with Crippen molar-refractivity contribution in [3.63, 3.8) is 0 Å². The van der Waals surface area contributed by atoms with Crippen LogP contribution in [-0.4, -0.2) is 76.0 Å². The molecule has 208 valence electrons. The lowest BCUT2D eigenvalue weighted by Gasteiger charge is -2.51. The van der Waals surface area contributed by atoms with Crippen molar-refractivity contribution in [1.82, 2.24) is 0 Å². The highest BCUT2D eigenvalue weighted by atomic mass is 16.8. The number of ether oxygens (including phenoxy) is 5. The summed E-state index contributed by atoms with van der Waals surface area (Å²) in [5.74, 6) is -6.23. The monoisotopic (exact) mass is 542 g/mol. The smallest absolute Gasteiger partial charge is 0.343 e. The largest absolute Gasteiger partial charge is 0.456 e. The van der Waals surface area contributed by atoms with Gasteiger partial charge in [-0.15, -0.1) is 0 Å². The van der Waals surface area contributed by atoms with E-state index >= 15 is 0 Å². The van der Waals surface area contributed by atoms with Crippen molar-refractivity contribution in [2.45, 2.75) is 76.5 Å². The maximum absolute atomic E-state index is 14.2. The molecule has 2 spiro atoms. The van der Waals surface area contributed by atoms with E-state index in [9.17, 15) is 29.4 Å². The first-order valence-electron chi connectivity index (χ1n) is 13.2. The van der Waals surface area contributed by atoms with Gasteiger partial charge in [-0.05, 0) is 24.5 Å². The van der Waals surface area contributed by atoms with E-state index in [2.05, 4.69) is 0 Å². The van der Waals surface area contributed by atoms with Crippen LogP contribution in [0, 0.1) is 34.0 Å². The quantitative estimate of drug-likeness (QED) is 0.402. The fourth-order valence-corrected chi connectivity index (χ4v) is 9.46. The second-order valence-corrected chi connectivity index (χ2v) is 12.8. The number of aliphatic hydroxyl groups is 2. The highest BCUT2D eigenvalue weighted by Crippen LogP contribution is 2.85. The molecule has 39 heavy (non-hydrogen) atoms. The Labute approximate surface area is 223 Å². The van der Waals surface area contributed by atoms with Crippen LogP contribution in [0.4, 0.5) is 0 Å². The summed E-state index contributed by atoms with van der Waals surface area (Å²) in [6, 6.07) is 8.18. The Hall–Kier alpha value is -3.02. The normalized spacial score (nSPS) is 50.6. The van der Waals surface area contributed by atoms with E-state index < -0.39 is 99.8 Å². The molecule has 2 saturated carbocycles. The van der Waals surface area contributed by atoms with E-state index in [1.807, 2.05) is 20.8 Å². The van der Waals surface area contributed by atoms with Crippen LogP contribution in [0.3, 0.4) is 0 Å². The first-order chi connectivity index (χ1) is 18.2. The number of esters is 4. The number of rotatable bonds is 2. The van der Waals surface area contributed by atoms with Gasteiger partial charge < -0.3 is 33.9 Å². The van der Waals surface area contributed by atoms with Gasteiger partial charge in [-0.25, -0.2) is 9.59 Å². The fourth-order valence-electron chi connectivity index (χ4n) is 9.46. The van der Waals surface area contributed by atoms with Gasteiger partial charge >= 0.3 is 23.9 Å². The number of hydrogen-bond acceptors (Lipinski definition) is 11. The Kier molecular flexibility index (Phi) is 4.48. The zero-order valence-electron chi connectivity index (χ0n) is 22.1. The molecule has 2 N–H and O–H groups in total. The molecule has 1 aromatic rings. The van der Waals surface area contributed by atoms with Crippen molar-refractivity contribution in [3.05, 3.63) is 35.9 Å². The average Bonchev–Trinajstić information content (AvgIpc) is 3.49. The second-order valence-electron chi connectivity index (χ2n) is 12.8. The molecule has 6 fully saturated rings. The van der Waals surface area contributed by atoms with Crippen molar-refractivity contribution >= 4 is 23.9 Å². The average molecular weight is 543 g/mol. The van der Waals surface area contributed by atoms with Crippen LogP contribution in [0.1, 0.15) is 45.0 Å². The van der Waals surface area contributed by atoms with E-state index in [0.717, 1.165) is 0 Å². The summed E-state index contributed by atoms with van der Waals surface area (Å²) in [4.78, 5) is 53.7. The molecule has 6 unspecified atom stereocenters. The van der Waals surface area contributed by atoms with Crippen LogP contribution >= 0.6 is 0 Å². The van der Waals surface area contributed by atoms with Crippen LogP contribution in [0.25, 0.3) is 0 Å². The number of carbonyl (C=O) groups is 4.